The fourth-order valence-corrected chi connectivity index (χ4v) is 4.16. The van der Waals surface area contributed by atoms with Gasteiger partial charge in [0.25, 0.3) is 40.5 Å². The van der Waals surface area contributed by atoms with Crippen LogP contribution in [-0.4, -0.2) is 130 Å². The fourth-order valence-electron chi connectivity index (χ4n) is 4.16. The molecule has 388 valence electrons. The molecule has 19 heteroatoms. The highest BCUT2D eigenvalue weighted by Crippen LogP contribution is 2.18. The largest absolute Gasteiger partial charge is 0.388 e. The minimum Gasteiger partial charge on any atom is -0.388 e. The lowest BCUT2D eigenvalue weighted by atomic mass is 10.1. The van der Waals surface area contributed by atoms with E-state index in [2.05, 4.69) is 179 Å². The second-order valence-electron chi connectivity index (χ2n) is 13.1. The highest BCUT2D eigenvalue weighted by Gasteiger charge is 1.95. The molecule has 0 bridgehead atoms. The molecule has 0 unspecified atom stereocenters. The van der Waals surface area contributed by atoms with Gasteiger partial charge < -0.3 is 14.2 Å². The van der Waals surface area contributed by atoms with Gasteiger partial charge in [-0.2, -0.15) is 33.7 Å². The highest BCUT2D eigenvalue weighted by atomic mass is 32.2. The van der Waals surface area contributed by atoms with Gasteiger partial charge in [-0.05, 0) is 69.8 Å². The second kappa shape index (κ2) is 42.7. The Morgan fingerprint density at radius 2 is 0.412 bits per heavy atom. The monoisotopic (exact) mass is 1030 g/mol. The minimum atomic E-state index is -3.16. The predicted octanol–water partition coefficient (Wildman–Crippen LogP) is 9.63. The molecular weight excluding hydrogens is 957 g/mol. The zero-order valence-corrected chi connectivity index (χ0v) is 46.6. The molecule has 0 spiro atoms. The van der Waals surface area contributed by atoms with E-state index < -0.39 is 40.5 Å². The van der Waals surface area contributed by atoms with Crippen molar-refractivity contribution in [2.24, 2.45) is 0 Å². The van der Waals surface area contributed by atoms with Crippen molar-refractivity contribution in [1.82, 2.24) is 0 Å². The van der Waals surface area contributed by atoms with Crippen molar-refractivity contribution in [1.29, 1.82) is 0 Å². The first kappa shape index (κ1) is 72.6. The molecule has 0 aliphatic heterocycles. The van der Waals surface area contributed by atoms with E-state index in [0.29, 0.717) is 0 Å². The molecule has 0 radical (unpaired) electrons. The minimum absolute atomic E-state index is 0.993. The van der Waals surface area contributed by atoms with Gasteiger partial charge in [-0.25, -0.2) is 0 Å². The number of fused-ring (bicyclic) bond motifs is 3. The predicted molar refractivity (Wildman–Crippen MR) is 284 cm³/mol. The van der Waals surface area contributed by atoms with Crippen molar-refractivity contribution >= 4 is 72.8 Å². The number of methoxy groups -OCH3 is 3. The number of rotatable bonds is 4. The van der Waals surface area contributed by atoms with E-state index in [1.165, 1.54) is 49.0 Å². The van der Waals surface area contributed by atoms with Crippen LogP contribution < -0.4 is 0 Å². The molecule has 0 amide bonds. The molecule has 68 heavy (non-hydrogen) atoms. The summed E-state index contributed by atoms with van der Waals surface area (Å²) in [5.74, 6) is 0. The maximum absolute atomic E-state index is 9.78. The van der Waals surface area contributed by atoms with Crippen LogP contribution in [0.4, 0.5) is 0 Å². The average Bonchev–Trinajstić information content (AvgIpc) is 3.29. The molecule has 0 aliphatic carbocycles. The van der Waals surface area contributed by atoms with Crippen molar-refractivity contribution in [2.45, 2.75) is 34.6 Å². The Labute approximate surface area is 410 Å². The zero-order valence-electron chi connectivity index (χ0n) is 43.4. The fraction of sp³-hybridized carbons (Fsp3) is 0.388. The first-order chi connectivity index (χ1) is 31.6. The Morgan fingerprint density at radius 3 is 0.544 bits per heavy atom. The van der Waals surface area contributed by atoms with Crippen LogP contribution in [0.25, 0.3) is 32.3 Å². The van der Waals surface area contributed by atoms with E-state index in [4.69, 9.17) is 0 Å². The first-order valence-electron chi connectivity index (χ1n) is 20.2. The summed E-state index contributed by atoms with van der Waals surface area (Å²) >= 11 is 0. The van der Waals surface area contributed by atoms with Crippen LogP contribution >= 0.6 is 0 Å². The van der Waals surface area contributed by atoms with E-state index in [1.807, 2.05) is 13.8 Å². The van der Waals surface area contributed by atoms with Crippen LogP contribution in [0.15, 0.2) is 127 Å². The standard InChI is InChI=1S/3C11H10.4C2H6O3S.3C2H6O.C2H6/c3*1-9-5-4-7-10-6-2-3-8-11(9)10;4*1-5-6(2,3)4;3*1-3-2;1-2/h3*2-8H,1H3;4*1-2H3;3*1-2H3;1-2H3. The Morgan fingerprint density at radius 1 is 0.279 bits per heavy atom. The summed E-state index contributed by atoms with van der Waals surface area (Å²) in [6, 6.07) is 44.5. The zero-order chi connectivity index (χ0) is 54.0. The molecule has 15 nitrogen and oxygen atoms in total. The molecule has 0 heterocycles. The molecule has 0 saturated heterocycles. The third-order valence-corrected chi connectivity index (χ3v) is 9.66. The summed E-state index contributed by atoms with van der Waals surface area (Å²) in [5, 5.41) is 8.05. The van der Waals surface area contributed by atoms with Gasteiger partial charge in [0.05, 0.1) is 53.5 Å². The lowest BCUT2D eigenvalue weighted by molar-refractivity contribution is 0.277. The van der Waals surface area contributed by atoms with E-state index in [0.717, 1.165) is 53.5 Å². The molecule has 0 saturated carbocycles. The number of hydrogen-bond donors (Lipinski definition) is 0. The van der Waals surface area contributed by atoms with Crippen molar-refractivity contribution in [3.63, 3.8) is 0 Å². The number of hydrogen-bond acceptors (Lipinski definition) is 15. The van der Waals surface area contributed by atoms with Gasteiger partial charge in [0, 0.05) is 42.7 Å². The van der Waals surface area contributed by atoms with Gasteiger partial charge >= 0.3 is 0 Å². The van der Waals surface area contributed by atoms with Crippen molar-refractivity contribution < 1.29 is 64.6 Å². The van der Waals surface area contributed by atoms with E-state index in [1.54, 1.807) is 42.7 Å². The SMILES string of the molecule is CC.COC.COC.COC.COS(C)(=O)=O.COS(C)(=O)=O.COS(C)(=O)=O.COS(C)(=O)=O.Cc1cccc2ccccc12.Cc1cccc2ccccc12.Cc1cccc2ccccc12. The van der Waals surface area contributed by atoms with Gasteiger partial charge in [-0.1, -0.05) is 141 Å². The Hall–Kier alpha value is -4.38. The van der Waals surface area contributed by atoms with Gasteiger partial charge in [0.15, 0.2) is 0 Å². The first-order valence-corrected chi connectivity index (χ1v) is 27.4. The van der Waals surface area contributed by atoms with Crippen LogP contribution in [0.5, 0.6) is 0 Å². The van der Waals surface area contributed by atoms with Gasteiger partial charge in [-0.15, -0.1) is 0 Å². The van der Waals surface area contributed by atoms with Gasteiger partial charge in [-0.3, -0.25) is 16.7 Å². The molecule has 6 aromatic rings. The smallest absolute Gasteiger partial charge is 0.264 e. The van der Waals surface area contributed by atoms with Gasteiger partial charge in [0.1, 0.15) is 0 Å². The summed E-state index contributed by atoms with van der Waals surface area (Å²) in [6.45, 7) is 10.4. The van der Waals surface area contributed by atoms with Crippen molar-refractivity contribution in [3.8, 4) is 0 Å². The Kier molecular flexibility index (Phi) is 45.6. The molecule has 6 aromatic carbocycles. The second-order valence-corrected chi connectivity index (χ2v) is 20.1. The average molecular weight is 1040 g/mol. The topological polar surface area (TPSA) is 201 Å². The quantitative estimate of drug-likeness (QED) is 0.151. The number of aryl methyl sites for hydroxylation is 3. The third-order valence-electron chi connectivity index (χ3n) is 7.23. The van der Waals surface area contributed by atoms with Crippen LogP contribution in [0, 0.1) is 20.8 Å². The molecule has 0 N–H and O–H groups in total. The molecular formula is C49H78O15S4. The molecule has 0 aliphatic rings. The van der Waals surface area contributed by atoms with E-state index in [9.17, 15) is 33.7 Å². The summed E-state index contributed by atoms with van der Waals surface area (Å²) in [5.41, 5.74) is 4.05. The number of ether oxygens (including phenoxy) is 3. The molecule has 0 aromatic heterocycles. The normalized spacial score (nSPS) is 9.99. The molecule has 0 fully saturated rings. The van der Waals surface area contributed by atoms with Crippen LogP contribution in [0.1, 0.15) is 30.5 Å². The lowest BCUT2D eigenvalue weighted by Gasteiger charge is -1.98. The van der Waals surface area contributed by atoms with Crippen LogP contribution in [-0.2, 0) is 71.4 Å². The van der Waals surface area contributed by atoms with E-state index in [-0.39, 0.29) is 0 Å². The summed E-state index contributed by atoms with van der Waals surface area (Å²) in [4.78, 5) is 0. The summed E-state index contributed by atoms with van der Waals surface area (Å²) < 4.78 is 107. The Bertz CT molecular complexity index is 2290. The van der Waals surface area contributed by atoms with Crippen molar-refractivity contribution in [2.75, 3.05) is 96.1 Å². The van der Waals surface area contributed by atoms with Crippen LogP contribution in [0.3, 0.4) is 0 Å². The van der Waals surface area contributed by atoms with Crippen LogP contribution in [0.2, 0.25) is 0 Å². The lowest BCUT2D eigenvalue weighted by Crippen LogP contribution is -1.95. The number of benzene rings is 6. The van der Waals surface area contributed by atoms with Gasteiger partial charge in [0.2, 0.25) is 0 Å². The van der Waals surface area contributed by atoms with Crippen molar-refractivity contribution in [3.05, 3.63) is 144 Å². The Balaban J connectivity index is -0.000000223. The summed E-state index contributed by atoms with van der Waals surface area (Å²) in [7, 11) is 1.58. The molecule has 0 atom stereocenters. The summed E-state index contributed by atoms with van der Waals surface area (Å²) in [6.07, 6.45) is 3.97. The maximum Gasteiger partial charge on any atom is 0.264 e. The van der Waals surface area contributed by atoms with E-state index >= 15 is 0 Å². The highest BCUT2D eigenvalue weighted by molar-refractivity contribution is 7.86. The molecule has 6 rings (SSSR count). The third kappa shape index (κ3) is 45.4. The maximum atomic E-state index is 9.78.